The number of carbonyl (C=O) groups excluding carboxylic acids is 2. The molecule has 1 N–H and O–H groups in total. The van der Waals surface area contributed by atoms with Crippen molar-refractivity contribution in [2.45, 2.75) is 39.8 Å². The number of aryl methyl sites for hydroxylation is 1. The van der Waals surface area contributed by atoms with Gasteiger partial charge in [-0.2, -0.15) is 0 Å². The van der Waals surface area contributed by atoms with Crippen molar-refractivity contribution in [1.82, 2.24) is 10.2 Å². The average Bonchev–Trinajstić information content (AvgIpc) is 2.72. The Hall–Kier alpha value is -2.24. The van der Waals surface area contributed by atoms with Gasteiger partial charge in [0.1, 0.15) is 11.8 Å². The van der Waals surface area contributed by atoms with E-state index in [9.17, 15) is 9.59 Å². The van der Waals surface area contributed by atoms with E-state index in [1.807, 2.05) is 31.2 Å². The monoisotopic (exact) mass is 436 g/mol. The van der Waals surface area contributed by atoms with Gasteiger partial charge in [-0.3, -0.25) is 9.59 Å². The second-order valence-electron chi connectivity index (χ2n) is 6.58. The van der Waals surface area contributed by atoms with Crippen molar-refractivity contribution >= 4 is 35.0 Å². The van der Waals surface area contributed by atoms with Crippen molar-refractivity contribution in [2.75, 3.05) is 13.2 Å². The fourth-order valence-electron chi connectivity index (χ4n) is 2.81. The highest BCUT2D eigenvalue weighted by atomic mass is 35.5. The van der Waals surface area contributed by atoms with E-state index >= 15 is 0 Å². The van der Waals surface area contributed by atoms with Gasteiger partial charge in [0.05, 0.1) is 0 Å². The number of amides is 2. The molecule has 2 aromatic rings. The molecule has 0 aromatic heterocycles. The summed E-state index contributed by atoms with van der Waals surface area (Å²) < 4.78 is 5.65. The molecule has 7 heteroatoms. The van der Waals surface area contributed by atoms with Gasteiger partial charge >= 0.3 is 0 Å². The third-order valence-electron chi connectivity index (χ3n) is 4.60. The van der Waals surface area contributed by atoms with Crippen LogP contribution in [0.1, 0.15) is 31.9 Å². The topological polar surface area (TPSA) is 58.6 Å². The molecule has 0 heterocycles. The summed E-state index contributed by atoms with van der Waals surface area (Å²) in [5.41, 5.74) is 1.77. The van der Waals surface area contributed by atoms with Crippen molar-refractivity contribution in [2.24, 2.45) is 0 Å². The molecule has 0 bridgehead atoms. The molecule has 29 heavy (non-hydrogen) atoms. The summed E-state index contributed by atoms with van der Waals surface area (Å²) in [6, 6.07) is 12.0. The first kappa shape index (κ1) is 23.0. The number of nitrogens with one attached hydrogen (secondary N) is 1. The van der Waals surface area contributed by atoms with Gasteiger partial charge in [-0.1, -0.05) is 48.3 Å². The van der Waals surface area contributed by atoms with Gasteiger partial charge in [0.25, 0.3) is 5.91 Å². The number of hydrogen-bond acceptors (Lipinski definition) is 3. The molecule has 0 aliphatic heterocycles. The second-order valence-corrected chi connectivity index (χ2v) is 7.39. The van der Waals surface area contributed by atoms with E-state index in [4.69, 9.17) is 27.9 Å². The van der Waals surface area contributed by atoms with E-state index in [-0.39, 0.29) is 25.0 Å². The highest BCUT2D eigenvalue weighted by Crippen LogP contribution is 2.26. The zero-order valence-corrected chi connectivity index (χ0v) is 18.4. The third-order valence-corrected chi connectivity index (χ3v) is 5.31. The molecule has 2 aromatic carbocycles. The lowest BCUT2D eigenvalue weighted by Crippen LogP contribution is -2.49. The molecular formula is C22H26Cl2N2O3. The lowest BCUT2D eigenvalue weighted by molar-refractivity contribution is -0.142. The predicted molar refractivity (Wildman–Crippen MR) is 116 cm³/mol. The van der Waals surface area contributed by atoms with Gasteiger partial charge in [-0.05, 0) is 50.1 Å². The van der Waals surface area contributed by atoms with E-state index in [2.05, 4.69) is 12.2 Å². The second kappa shape index (κ2) is 11.1. The maximum atomic E-state index is 13.0. The average molecular weight is 437 g/mol. The van der Waals surface area contributed by atoms with Crippen LogP contribution in [-0.2, 0) is 22.6 Å². The maximum absolute atomic E-state index is 13.0. The fraction of sp³-hybridized carbons (Fsp3) is 0.364. The van der Waals surface area contributed by atoms with E-state index in [0.29, 0.717) is 27.9 Å². The Bertz CT molecular complexity index is 820. The molecule has 0 radical (unpaired) electrons. The molecule has 0 aliphatic carbocycles. The molecule has 156 valence electrons. The minimum Gasteiger partial charge on any atom is -0.484 e. The molecule has 0 saturated heterocycles. The SMILES string of the molecule is CCNC(=O)[C@@H](C)N(Cc1c(Cl)cccc1Cl)C(=O)COc1ccc(CC)cc1. The number of nitrogens with zero attached hydrogens (tertiary/aromatic N) is 1. The van der Waals surface area contributed by atoms with E-state index < -0.39 is 6.04 Å². The summed E-state index contributed by atoms with van der Waals surface area (Å²) in [5.74, 6) is 0.00701. The number of benzene rings is 2. The zero-order chi connectivity index (χ0) is 21.4. The molecular weight excluding hydrogens is 411 g/mol. The molecule has 0 spiro atoms. The smallest absolute Gasteiger partial charge is 0.261 e. The largest absolute Gasteiger partial charge is 0.484 e. The first-order chi connectivity index (χ1) is 13.9. The number of rotatable bonds is 9. The summed E-state index contributed by atoms with van der Waals surface area (Å²) in [5, 5.41) is 3.62. The van der Waals surface area contributed by atoms with Crippen LogP contribution in [0.2, 0.25) is 10.0 Å². The molecule has 2 rings (SSSR count). The Morgan fingerprint density at radius 3 is 2.24 bits per heavy atom. The van der Waals surface area contributed by atoms with Crippen LogP contribution in [0.3, 0.4) is 0 Å². The maximum Gasteiger partial charge on any atom is 0.261 e. The number of ether oxygens (including phenoxy) is 1. The van der Waals surface area contributed by atoms with Crippen LogP contribution < -0.4 is 10.1 Å². The highest BCUT2D eigenvalue weighted by molar-refractivity contribution is 6.36. The summed E-state index contributed by atoms with van der Waals surface area (Å²) in [7, 11) is 0. The third kappa shape index (κ3) is 6.38. The Morgan fingerprint density at radius 2 is 1.69 bits per heavy atom. The Morgan fingerprint density at radius 1 is 1.07 bits per heavy atom. The Kier molecular flexibility index (Phi) is 8.80. The van der Waals surface area contributed by atoms with Crippen molar-refractivity contribution in [3.63, 3.8) is 0 Å². The molecule has 2 amide bonds. The van der Waals surface area contributed by atoms with Crippen molar-refractivity contribution < 1.29 is 14.3 Å². The number of carbonyl (C=O) groups is 2. The van der Waals surface area contributed by atoms with Crippen LogP contribution in [0, 0.1) is 0 Å². The van der Waals surface area contributed by atoms with Crippen LogP contribution in [0.4, 0.5) is 0 Å². The number of hydrogen-bond donors (Lipinski definition) is 1. The van der Waals surface area contributed by atoms with Gasteiger partial charge in [-0.25, -0.2) is 0 Å². The summed E-state index contributed by atoms with van der Waals surface area (Å²) in [6.45, 7) is 5.94. The first-order valence-corrected chi connectivity index (χ1v) is 10.3. The van der Waals surface area contributed by atoms with Gasteiger partial charge < -0.3 is 15.0 Å². The molecule has 0 unspecified atom stereocenters. The van der Waals surface area contributed by atoms with Gasteiger partial charge in [0.15, 0.2) is 6.61 Å². The van der Waals surface area contributed by atoms with Crippen LogP contribution in [-0.4, -0.2) is 35.9 Å². The zero-order valence-electron chi connectivity index (χ0n) is 16.9. The molecule has 0 fully saturated rings. The summed E-state index contributed by atoms with van der Waals surface area (Å²) >= 11 is 12.5. The first-order valence-electron chi connectivity index (χ1n) is 9.59. The van der Waals surface area contributed by atoms with Crippen LogP contribution in [0.25, 0.3) is 0 Å². The van der Waals surface area contributed by atoms with Crippen LogP contribution >= 0.6 is 23.2 Å². The Labute approximate surface area is 181 Å². The van der Waals surface area contributed by atoms with E-state index in [1.54, 1.807) is 25.1 Å². The minimum atomic E-state index is -0.708. The predicted octanol–water partition coefficient (Wildman–Crippen LogP) is 4.49. The number of halogens is 2. The standard InChI is InChI=1S/C22H26Cl2N2O3/c1-4-16-9-11-17(12-10-16)29-14-21(27)26(15(3)22(28)25-5-2)13-18-19(23)7-6-8-20(18)24/h6-12,15H,4-5,13-14H2,1-3H3,(H,25,28)/t15-/m1/s1. The fourth-order valence-corrected chi connectivity index (χ4v) is 3.32. The summed E-state index contributed by atoms with van der Waals surface area (Å²) in [4.78, 5) is 26.8. The van der Waals surface area contributed by atoms with Gasteiger partial charge in [0.2, 0.25) is 5.91 Å². The van der Waals surface area contributed by atoms with Crippen molar-refractivity contribution in [3.8, 4) is 5.75 Å². The summed E-state index contributed by atoms with van der Waals surface area (Å²) in [6.07, 6.45) is 0.926. The lowest BCUT2D eigenvalue weighted by Gasteiger charge is -2.29. The molecule has 0 saturated carbocycles. The normalized spacial score (nSPS) is 11.6. The lowest BCUT2D eigenvalue weighted by atomic mass is 10.1. The molecule has 0 aliphatic rings. The number of likely N-dealkylation sites (N-methyl/N-ethyl adjacent to an activating group) is 1. The minimum absolute atomic E-state index is 0.105. The highest BCUT2D eigenvalue weighted by Gasteiger charge is 2.27. The van der Waals surface area contributed by atoms with Crippen LogP contribution in [0.5, 0.6) is 5.75 Å². The molecule has 1 atom stereocenters. The van der Waals surface area contributed by atoms with E-state index in [1.165, 1.54) is 10.5 Å². The van der Waals surface area contributed by atoms with Gasteiger partial charge in [0, 0.05) is 28.7 Å². The van der Waals surface area contributed by atoms with E-state index in [0.717, 1.165) is 6.42 Å². The molecule has 5 nitrogen and oxygen atoms in total. The Balaban J connectivity index is 2.18. The van der Waals surface area contributed by atoms with Crippen molar-refractivity contribution in [3.05, 3.63) is 63.6 Å². The van der Waals surface area contributed by atoms with Crippen LogP contribution in [0.15, 0.2) is 42.5 Å². The van der Waals surface area contributed by atoms with Crippen molar-refractivity contribution in [1.29, 1.82) is 0 Å². The quantitative estimate of drug-likeness (QED) is 0.629. The van der Waals surface area contributed by atoms with Gasteiger partial charge in [-0.15, -0.1) is 0 Å².